The van der Waals surface area contributed by atoms with E-state index in [0.717, 1.165) is 51.3 Å². The molecular weight excluding hydrogens is 326 g/mol. The molecule has 1 aliphatic heterocycles. The van der Waals surface area contributed by atoms with Gasteiger partial charge in [0.25, 0.3) is 0 Å². The normalized spacial score (nSPS) is 15.2. The Labute approximate surface area is 155 Å². The Bertz CT molecular complexity index is 697. The topological polar surface area (TPSA) is 55.8 Å². The van der Waals surface area contributed by atoms with E-state index in [2.05, 4.69) is 45.4 Å². The highest BCUT2D eigenvalue weighted by atomic mass is 16.4. The summed E-state index contributed by atoms with van der Waals surface area (Å²) in [6.45, 7) is 7.13. The van der Waals surface area contributed by atoms with E-state index in [-0.39, 0.29) is 0 Å². The lowest BCUT2D eigenvalue weighted by Crippen LogP contribution is -2.46. The van der Waals surface area contributed by atoms with Crippen molar-refractivity contribution >= 4 is 11.7 Å². The zero-order valence-electron chi connectivity index (χ0n) is 15.1. The Morgan fingerprint density at radius 2 is 1.77 bits per heavy atom. The van der Waals surface area contributed by atoms with E-state index < -0.39 is 5.97 Å². The lowest BCUT2D eigenvalue weighted by Gasteiger charge is -2.36. The van der Waals surface area contributed by atoms with Gasteiger partial charge in [-0.3, -0.25) is 4.90 Å². The van der Waals surface area contributed by atoms with Gasteiger partial charge in [0.2, 0.25) is 0 Å². The molecule has 138 valence electrons. The van der Waals surface area contributed by atoms with Gasteiger partial charge < -0.3 is 15.3 Å². The lowest BCUT2D eigenvalue weighted by molar-refractivity contribution is 0.0696. The van der Waals surface area contributed by atoms with Gasteiger partial charge in [-0.25, -0.2) is 4.79 Å². The molecule has 0 aliphatic carbocycles. The molecule has 2 aromatic rings. The minimum Gasteiger partial charge on any atom is -0.478 e. The van der Waals surface area contributed by atoms with Gasteiger partial charge in [0.1, 0.15) is 0 Å². The highest BCUT2D eigenvalue weighted by Crippen LogP contribution is 2.15. The average molecular weight is 353 g/mol. The zero-order chi connectivity index (χ0) is 18.2. The number of hydrogen-bond acceptors (Lipinski definition) is 4. The van der Waals surface area contributed by atoms with Crippen molar-refractivity contribution in [2.24, 2.45) is 0 Å². The minimum absolute atomic E-state index is 0.348. The molecule has 0 saturated carbocycles. The van der Waals surface area contributed by atoms with Gasteiger partial charge >= 0.3 is 5.97 Å². The third-order valence-electron chi connectivity index (χ3n) is 4.82. The molecule has 0 aromatic heterocycles. The van der Waals surface area contributed by atoms with Crippen molar-refractivity contribution in [2.75, 3.05) is 44.2 Å². The number of nitrogens with one attached hydrogen (secondary N) is 1. The predicted molar refractivity (Wildman–Crippen MR) is 105 cm³/mol. The average Bonchev–Trinajstić information content (AvgIpc) is 2.69. The van der Waals surface area contributed by atoms with Crippen molar-refractivity contribution in [2.45, 2.75) is 13.0 Å². The number of nitrogens with zero attached hydrogens (tertiary/aromatic N) is 2. The molecule has 0 atom stereocenters. The standard InChI is InChI=1S/C21H27N3O2/c25-21(26)19-7-4-6-18(16-19)17-22-10-5-11-23-12-14-24(15-13-23)20-8-2-1-3-9-20/h1-4,6-9,16,22H,5,10-15,17H2,(H,25,26). The molecule has 26 heavy (non-hydrogen) atoms. The van der Waals surface area contributed by atoms with Crippen LogP contribution >= 0.6 is 0 Å². The molecule has 5 heteroatoms. The molecule has 2 N–H and O–H groups in total. The molecule has 1 aliphatic rings. The summed E-state index contributed by atoms with van der Waals surface area (Å²) in [5, 5.41) is 12.4. The summed E-state index contributed by atoms with van der Waals surface area (Å²) in [4.78, 5) is 16.0. The SMILES string of the molecule is O=C(O)c1cccc(CNCCCN2CCN(c3ccccc3)CC2)c1. The van der Waals surface area contributed by atoms with Crippen LogP contribution in [-0.2, 0) is 6.54 Å². The number of carboxylic acid groups (broad SMARTS) is 1. The fourth-order valence-electron chi connectivity index (χ4n) is 3.34. The van der Waals surface area contributed by atoms with Gasteiger partial charge in [0.15, 0.2) is 0 Å². The fraction of sp³-hybridized carbons (Fsp3) is 0.381. The van der Waals surface area contributed by atoms with Gasteiger partial charge in [-0.2, -0.15) is 0 Å². The van der Waals surface area contributed by atoms with Crippen LogP contribution in [0, 0.1) is 0 Å². The summed E-state index contributed by atoms with van der Waals surface area (Å²) in [5.41, 5.74) is 2.68. The minimum atomic E-state index is -0.874. The van der Waals surface area contributed by atoms with Crippen LogP contribution in [0.2, 0.25) is 0 Å². The first kappa shape index (κ1) is 18.4. The predicted octanol–water partition coefficient (Wildman–Crippen LogP) is 2.69. The maximum absolute atomic E-state index is 11.0. The van der Waals surface area contributed by atoms with Crippen molar-refractivity contribution in [3.8, 4) is 0 Å². The molecule has 1 fully saturated rings. The molecule has 0 unspecified atom stereocenters. The van der Waals surface area contributed by atoms with Gasteiger partial charge in [-0.15, -0.1) is 0 Å². The van der Waals surface area contributed by atoms with E-state index in [4.69, 9.17) is 5.11 Å². The Hall–Kier alpha value is -2.37. The molecule has 5 nitrogen and oxygen atoms in total. The monoisotopic (exact) mass is 353 g/mol. The second-order valence-electron chi connectivity index (χ2n) is 6.70. The number of para-hydroxylation sites is 1. The second kappa shape index (κ2) is 9.36. The Balaban J connectivity index is 1.31. The summed E-state index contributed by atoms with van der Waals surface area (Å²) in [6, 6.07) is 17.7. The van der Waals surface area contributed by atoms with Crippen LogP contribution in [0.4, 0.5) is 5.69 Å². The second-order valence-corrected chi connectivity index (χ2v) is 6.70. The first-order valence-electron chi connectivity index (χ1n) is 9.28. The summed E-state index contributed by atoms with van der Waals surface area (Å²) < 4.78 is 0. The highest BCUT2D eigenvalue weighted by molar-refractivity contribution is 5.87. The van der Waals surface area contributed by atoms with Crippen molar-refractivity contribution in [3.63, 3.8) is 0 Å². The van der Waals surface area contributed by atoms with Crippen LogP contribution < -0.4 is 10.2 Å². The maximum atomic E-state index is 11.0. The molecule has 1 saturated heterocycles. The van der Waals surface area contributed by atoms with E-state index in [1.165, 1.54) is 5.69 Å². The first-order chi connectivity index (χ1) is 12.7. The number of benzene rings is 2. The van der Waals surface area contributed by atoms with Crippen LogP contribution in [0.25, 0.3) is 0 Å². The summed E-state index contributed by atoms with van der Waals surface area (Å²) in [6.07, 6.45) is 1.10. The molecule has 0 spiro atoms. The summed E-state index contributed by atoms with van der Waals surface area (Å²) in [5.74, 6) is -0.874. The van der Waals surface area contributed by atoms with E-state index in [9.17, 15) is 4.79 Å². The fourth-order valence-corrected chi connectivity index (χ4v) is 3.34. The van der Waals surface area contributed by atoms with Crippen molar-refractivity contribution < 1.29 is 9.90 Å². The first-order valence-corrected chi connectivity index (χ1v) is 9.28. The Morgan fingerprint density at radius 1 is 1.00 bits per heavy atom. The van der Waals surface area contributed by atoms with Crippen LogP contribution in [0.1, 0.15) is 22.3 Å². The molecule has 0 bridgehead atoms. The largest absolute Gasteiger partial charge is 0.478 e. The molecule has 1 heterocycles. The van der Waals surface area contributed by atoms with Crippen LogP contribution in [-0.4, -0.2) is 55.2 Å². The van der Waals surface area contributed by atoms with E-state index in [1.807, 2.05) is 6.07 Å². The smallest absolute Gasteiger partial charge is 0.335 e. The number of hydrogen-bond donors (Lipinski definition) is 2. The van der Waals surface area contributed by atoms with Gasteiger partial charge in [-0.1, -0.05) is 30.3 Å². The quantitative estimate of drug-likeness (QED) is 0.715. The summed E-state index contributed by atoms with van der Waals surface area (Å²) in [7, 11) is 0. The van der Waals surface area contributed by atoms with Gasteiger partial charge in [0.05, 0.1) is 5.56 Å². The number of anilines is 1. The maximum Gasteiger partial charge on any atom is 0.335 e. The van der Waals surface area contributed by atoms with Crippen LogP contribution in [0.15, 0.2) is 54.6 Å². The van der Waals surface area contributed by atoms with Crippen LogP contribution in [0.3, 0.4) is 0 Å². The number of aromatic carboxylic acids is 1. The van der Waals surface area contributed by atoms with E-state index in [0.29, 0.717) is 12.1 Å². The molecule has 3 rings (SSSR count). The Morgan fingerprint density at radius 3 is 2.50 bits per heavy atom. The van der Waals surface area contributed by atoms with Crippen molar-refractivity contribution in [1.82, 2.24) is 10.2 Å². The summed E-state index contributed by atoms with van der Waals surface area (Å²) >= 11 is 0. The third kappa shape index (κ3) is 5.31. The highest BCUT2D eigenvalue weighted by Gasteiger charge is 2.16. The third-order valence-corrected chi connectivity index (χ3v) is 4.82. The molecule has 0 radical (unpaired) electrons. The van der Waals surface area contributed by atoms with Crippen LogP contribution in [0.5, 0.6) is 0 Å². The number of carbonyl (C=O) groups is 1. The van der Waals surface area contributed by atoms with Crippen molar-refractivity contribution in [3.05, 3.63) is 65.7 Å². The number of carboxylic acids is 1. The Kier molecular flexibility index (Phi) is 6.63. The van der Waals surface area contributed by atoms with Crippen molar-refractivity contribution in [1.29, 1.82) is 0 Å². The van der Waals surface area contributed by atoms with Gasteiger partial charge in [0, 0.05) is 38.4 Å². The lowest BCUT2D eigenvalue weighted by atomic mass is 10.1. The van der Waals surface area contributed by atoms with E-state index in [1.54, 1.807) is 18.2 Å². The van der Waals surface area contributed by atoms with Gasteiger partial charge in [-0.05, 0) is 49.3 Å². The molecular formula is C21H27N3O2. The number of rotatable bonds is 8. The molecule has 0 amide bonds. The van der Waals surface area contributed by atoms with E-state index >= 15 is 0 Å². The molecule has 2 aromatic carbocycles. The number of piperazine rings is 1. The zero-order valence-corrected chi connectivity index (χ0v) is 15.1.